The third-order valence-electron chi connectivity index (χ3n) is 3.67. The molecule has 20 heavy (non-hydrogen) atoms. The summed E-state index contributed by atoms with van der Waals surface area (Å²) >= 11 is 0. The Hall–Kier alpha value is -1.89. The molecule has 0 bridgehead atoms. The van der Waals surface area contributed by atoms with E-state index in [1.807, 2.05) is 26.1 Å². The van der Waals surface area contributed by atoms with Gasteiger partial charge in [-0.3, -0.25) is 4.99 Å². The van der Waals surface area contributed by atoms with Crippen LogP contribution in [0.4, 0.5) is 0 Å². The normalized spacial score (nSPS) is 14.9. The van der Waals surface area contributed by atoms with Gasteiger partial charge in [-0.25, -0.2) is 0 Å². The van der Waals surface area contributed by atoms with Gasteiger partial charge >= 0.3 is 0 Å². The smallest absolute Gasteiger partial charge is 0.0612 e. The summed E-state index contributed by atoms with van der Waals surface area (Å²) in [5.74, 6) is 0. The summed E-state index contributed by atoms with van der Waals surface area (Å²) in [6.45, 7) is 16.6. The Labute approximate surface area is 122 Å². The van der Waals surface area contributed by atoms with Gasteiger partial charge in [0, 0.05) is 6.21 Å². The molecular weight excluding hydrogens is 242 g/mol. The van der Waals surface area contributed by atoms with Crippen molar-refractivity contribution < 1.29 is 0 Å². The Morgan fingerprint density at radius 2 is 1.80 bits per heavy atom. The van der Waals surface area contributed by atoms with Crippen LogP contribution in [0.3, 0.4) is 0 Å². The van der Waals surface area contributed by atoms with Crippen LogP contribution in [0, 0.1) is 13.8 Å². The van der Waals surface area contributed by atoms with E-state index in [0.717, 1.165) is 10.9 Å². The predicted molar refractivity (Wildman–Crippen MR) is 91.5 cm³/mol. The van der Waals surface area contributed by atoms with Crippen LogP contribution in [0.1, 0.15) is 38.8 Å². The van der Waals surface area contributed by atoms with Gasteiger partial charge < -0.3 is 0 Å². The lowest BCUT2D eigenvalue weighted by Crippen LogP contribution is -2.28. The molecule has 0 N–H and O–H groups in total. The molecule has 1 heteroatoms. The van der Waals surface area contributed by atoms with Crippen molar-refractivity contribution in [1.29, 1.82) is 0 Å². The average Bonchev–Trinajstić information content (AvgIpc) is 2.41. The summed E-state index contributed by atoms with van der Waals surface area (Å²) in [5.41, 5.74) is 5.96. The summed E-state index contributed by atoms with van der Waals surface area (Å²) in [5, 5.41) is 2.33. The number of nitrogens with zero attached hydrogens (tertiary/aromatic N) is 1. The second-order valence-electron chi connectivity index (χ2n) is 5.11. The molecule has 0 radical (unpaired) electrons. The molecule has 1 rings (SSSR count). The summed E-state index contributed by atoms with van der Waals surface area (Å²) in [4.78, 5) is 4.38. The van der Waals surface area contributed by atoms with E-state index in [4.69, 9.17) is 0 Å². The highest BCUT2D eigenvalue weighted by Crippen LogP contribution is 2.13. The van der Waals surface area contributed by atoms with Gasteiger partial charge in [0.05, 0.1) is 5.70 Å². The Bertz CT molecular complexity index is 685. The number of benzene rings is 1. The maximum Gasteiger partial charge on any atom is 0.0612 e. The Morgan fingerprint density at radius 1 is 1.15 bits per heavy atom. The molecule has 0 saturated carbocycles. The Balaban J connectivity index is 3.45. The third-order valence-corrected chi connectivity index (χ3v) is 3.67. The first kappa shape index (κ1) is 16.2. The van der Waals surface area contributed by atoms with Crippen LogP contribution in [0.15, 0.2) is 40.5 Å². The zero-order valence-electron chi connectivity index (χ0n) is 13.5. The molecule has 0 unspecified atom stereocenters. The number of hydrogen-bond acceptors (Lipinski definition) is 1. The van der Waals surface area contributed by atoms with Crippen LogP contribution < -0.4 is 10.4 Å². The lowest BCUT2D eigenvalue weighted by molar-refractivity contribution is 1.26. The molecule has 0 heterocycles. The molecule has 0 aromatic heterocycles. The van der Waals surface area contributed by atoms with Crippen molar-refractivity contribution in [3.05, 3.63) is 57.1 Å². The first-order valence-corrected chi connectivity index (χ1v) is 7.02. The maximum atomic E-state index is 4.38. The molecule has 0 spiro atoms. The second kappa shape index (κ2) is 7.04. The first-order chi connectivity index (χ1) is 9.42. The van der Waals surface area contributed by atoms with Gasteiger partial charge in [0.1, 0.15) is 0 Å². The van der Waals surface area contributed by atoms with Crippen molar-refractivity contribution in [2.75, 3.05) is 0 Å². The van der Waals surface area contributed by atoms with Crippen molar-refractivity contribution in [2.45, 2.75) is 41.5 Å². The summed E-state index contributed by atoms with van der Waals surface area (Å²) in [6, 6.07) is 4.31. The van der Waals surface area contributed by atoms with Crippen LogP contribution in [0.25, 0.3) is 12.2 Å². The van der Waals surface area contributed by atoms with Gasteiger partial charge in [-0.05, 0) is 74.3 Å². The molecule has 1 aromatic rings. The van der Waals surface area contributed by atoms with E-state index in [1.54, 1.807) is 0 Å². The fourth-order valence-corrected chi connectivity index (χ4v) is 2.26. The number of allylic oxidation sites excluding steroid dienone is 3. The molecule has 0 aliphatic heterocycles. The molecule has 0 fully saturated rings. The summed E-state index contributed by atoms with van der Waals surface area (Å²) < 4.78 is 0. The molecule has 0 amide bonds. The highest BCUT2D eigenvalue weighted by atomic mass is 14.7. The zero-order chi connectivity index (χ0) is 15.3. The maximum absolute atomic E-state index is 4.38. The topological polar surface area (TPSA) is 12.4 Å². The fourth-order valence-electron chi connectivity index (χ4n) is 2.26. The number of hydrogen-bond donors (Lipinski definition) is 0. The lowest BCUT2D eigenvalue weighted by atomic mass is 10.0. The molecular formula is C19H25N. The lowest BCUT2D eigenvalue weighted by Gasteiger charge is -2.05. The Kier molecular flexibility index (Phi) is 5.69. The predicted octanol–water partition coefficient (Wildman–Crippen LogP) is 3.83. The largest absolute Gasteiger partial charge is 0.262 e. The van der Waals surface area contributed by atoms with E-state index in [-0.39, 0.29) is 0 Å². The van der Waals surface area contributed by atoms with Crippen molar-refractivity contribution in [1.82, 2.24) is 0 Å². The van der Waals surface area contributed by atoms with Crippen LogP contribution in [0.5, 0.6) is 0 Å². The monoisotopic (exact) mass is 267 g/mol. The third kappa shape index (κ3) is 3.57. The molecule has 0 saturated heterocycles. The minimum Gasteiger partial charge on any atom is -0.262 e. The van der Waals surface area contributed by atoms with Crippen LogP contribution in [0.2, 0.25) is 0 Å². The van der Waals surface area contributed by atoms with Crippen molar-refractivity contribution in [2.24, 2.45) is 4.99 Å². The SMILES string of the molecule is C=c1c(C)c(C)cc/c1=C(C)/C=C(C)/C(=C/C)N=CC. The highest BCUT2D eigenvalue weighted by Gasteiger charge is 1.99. The molecule has 1 nitrogen and oxygen atoms in total. The van der Waals surface area contributed by atoms with E-state index in [0.29, 0.717) is 0 Å². The summed E-state index contributed by atoms with van der Waals surface area (Å²) in [7, 11) is 0. The molecule has 0 atom stereocenters. The molecule has 0 aliphatic rings. The van der Waals surface area contributed by atoms with E-state index >= 15 is 0 Å². The van der Waals surface area contributed by atoms with Crippen LogP contribution in [-0.2, 0) is 0 Å². The number of aryl methyl sites for hydroxylation is 1. The quantitative estimate of drug-likeness (QED) is 0.583. The zero-order valence-corrected chi connectivity index (χ0v) is 13.5. The minimum absolute atomic E-state index is 1.02. The van der Waals surface area contributed by atoms with Gasteiger partial charge in [-0.2, -0.15) is 0 Å². The van der Waals surface area contributed by atoms with Gasteiger partial charge in [-0.1, -0.05) is 30.9 Å². The van der Waals surface area contributed by atoms with Gasteiger partial charge in [0.15, 0.2) is 0 Å². The second-order valence-corrected chi connectivity index (χ2v) is 5.11. The summed E-state index contributed by atoms with van der Waals surface area (Å²) in [6.07, 6.45) is 6.04. The Morgan fingerprint density at radius 3 is 2.35 bits per heavy atom. The van der Waals surface area contributed by atoms with E-state index < -0.39 is 0 Å². The van der Waals surface area contributed by atoms with E-state index in [1.165, 1.54) is 27.5 Å². The fraction of sp³-hybridized carbons (Fsp3) is 0.316. The van der Waals surface area contributed by atoms with Crippen LogP contribution >= 0.6 is 0 Å². The van der Waals surface area contributed by atoms with Crippen molar-refractivity contribution >= 4 is 18.4 Å². The van der Waals surface area contributed by atoms with Crippen molar-refractivity contribution in [3.8, 4) is 0 Å². The standard InChI is InChI=1S/C19H25N/c1-8-19(20-9-2)15(5)12-14(4)18-11-10-13(3)16(6)17(18)7/h8-12H,7H2,1-6H3/b15-12+,18-14-,19-8-,20-9?. The minimum atomic E-state index is 1.02. The molecule has 1 aromatic carbocycles. The van der Waals surface area contributed by atoms with Crippen LogP contribution in [-0.4, -0.2) is 6.21 Å². The highest BCUT2D eigenvalue weighted by molar-refractivity contribution is 5.61. The van der Waals surface area contributed by atoms with E-state index in [2.05, 4.69) is 57.5 Å². The van der Waals surface area contributed by atoms with E-state index in [9.17, 15) is 0 Å². The first-order valence-electron chi connectivity index (χ1n) is 7.02. The number of rotatable bonds is 3. The number of aliphatic imine (C=N–C) groups is 1. The molecule has 106 valence electrons. The van der Waals surface area contributed by atoms with Gasteiger partial charge in [0.25, 0.3) is 0 Å². The van der Waals surface area contributed by atoms with Gasteiger partial charge in [0.2, 0.25) is 0 Å². The van der Waals surface area contributed by atoms with Gasteiger partial charge in [-0.15, -0.1) is 0 Å². The molecule has 0 aliphatic carbocycles. The average molecular weight is 267 g/mol. The van der Waals surface area contributed by atoms with Crippen molar-refractivity contribution in [3.63, 3.8) is 0 Å².